The number of aromatic amines is 1. The van der Waals surface area contributed by atoms with Crippen molar-refractivity contribution in [2.24, 2.45) is 11.8 Å². The zero-order valence-electron chi connectivity index (χ0n) is 28.4. The van der Waals surface area contributed by atoms with E-state index in [9.17, 15) is 19.2 Å². The molecule has 2 aromatic carbocycles. The van der Waals surface area contributed by atoms with E-state index in [2.05, 4.69) is 15.2 Å². The van der Waals surface area contributed by atoms with E-state index in [1.54, 1.807) is 18.2 Å². The molecule has 2 aromatic heterocycles. The number of nitrogen functional groups attached to an aromatic ring is 1. The molecule has 0 spiro atoms. The fourth-order valence-corrected chi connectivity index (χ4v) is 6.49. The molecule has 2 bridgehead atoms. The molecule has 0 radical (unpaired) electrons. The van der Waals surface area contributed by atoms with Gasteiger partial charge in [-0.2, -0.15) is 0 Å². The number of rotatable bonds is 7. The minimum absolute atomic E-state index is 0. The molecule has 0 aliphatic carbocycles. The molecule has 49 heavy (non-hydrogen) atoms. The number of ether oxygens (including phenoxy) is 2. The van der Waals surface area contributed by atoms with Crippen LogP contribution in [0.3, 0.4) is 0 Å². The Morgan fingerprint density at radius 3 is 2.61 bits per heavy atom. The van der Waals surface area contributed by atoms with Gasteiger partial charge in [-0.25, -0.2) is 4.79 Å². The number of pyridine rings is 1. The van der Waals surface area contributed by atoms with Gasteiger partial charge in [-0.1, -0.05) is 31.5 Å². The number of esters is 1. The molecule has 2 aliphatic rings. The Bertz CT molecular complexity index is 1970. The maximum Gasteiger partial charge on any atom is 0.374 e. The SMILES string of the molecule is COc1cc(N)c(Cl)cc1C(=O)N[C@@H]1CCN2CCC[C@H]1C2.Cc1ccc2c([nH]c(=O)c3c(=O)cc(C(=O)OCCC(C)C)oc32)c1C.Cl. The number of methoxy groups -OCH3 is 1. The Balaban J connectivity index is 0.000000219. The topological polar surface area (TPSA) is 157 Å². The van der Waals surface area contributed by atoms with Crippen molar-refractivity contribution < 1.29 is 23.5 Å². The quantitative estimate of drug-likeness (QED) is 0.118. The van der Waals surface area contributed by atoms with Gasteiger partial charge < -0.3 is 34.8 Å². The number of hydrogen-bond donors (Lipinski definition) is 3. The molecule has 13 heteroatoms. The molecule has 2 fully saturated rings. The first kappa shape index (κ1) is 37.8. The fourth-order valence-electron chi connectivity index (χ4n) is 6.33. The summed E-state index contributed by atoms with van der Waals surface area (Å²) in [4.78, 5) is 54.9. The second-order valence-corrected chi connectivity index (χ2v) is 13.4. The van der Waals surface area contributed by atoms with Crippen LogP contribution in [0.2, 0.25) is 5.02 Å². The fraction of sp³-hybridized carbons (Fsp3) is 0.444. The van der Waals surface area contributed by atoms with Crippen LogP contribution in [0.15, 0.2) is 44.3 Å². The number of carbonyl (C=O) groups is 2. The number of amides is 1. The Morgan fingerprint density at radius 1 is 1.14 bits per heavy atom. The van der Waals surface area contributed by atoms with Gasteiger partial charge in [0, 0.05) is 36.7 Å². The summed E-state index contributed by atoms with van der Waals surface area (Å²) in [7, 11) is 1.53. The van der Waals surface area contributed by atoms with E-state index in [1.807, 2.05) is 33.8 Å². The summed E-state index contributed by atoms with van der Waals surface area (Å²) in [5, 5.41) is 4.02. The van der Waals surface area contributed by atoms with Crippen LogP contribution in [-0.2, 0) is 4.74 Å². The van der Waals surface area contributed by atoms with E-state index < -0.39 is 17.0 Å². The summed E-state index contributed by atoms with van der Waals surface area (Å²) in [6, 6.07) is 8.07. The number of fused-ring (bicyclic) bond motifs is 5. The first-order valence-electron chi connectivity index (χ1n) is 16.3. The number of nitrogens with zero attached hydrogens (tertiary/aromatic N) is 1. The molecule has 4 N–H and O–H groups in total. The van der Waals surface area contributed by atoms with Gasteiger partial charge >= 0.3 is 5.97 Å². The van der Waals surface area contributed by atoms with Crippen LogP contribution in [0.5, 0.6) is 5.75 Å². The lowest BCUT2D eigenvalue weighted by atomic mass is 9.85. The highest BCUT2D eigenvalue weighted by Crippen LogP contribution is 2.31. The van der Waals surface area contributed by atoms with Crippen molar-refractivity contribution in [2.45, 2.75) is 59.4 Å². The van der Waals surface area contributed by atoms with Crippen LogP contribution < -0.4 is 26.8 Å². The largest absolute Gasteiger partial charge is 0.496 e. The first-order chi connectivity index (χ1) is 22.9. The highest BCUT2D eigenvalue weighted by molar-refractivity contribution is 6.33. The van der Waals surface area contributed by atoms with Crippen LogP contribution in [0.25, 0.3) is 21.9 Å². The van der Waals surface area contributed by atoms with Gasteiger partial charge in [0.15, 0.2) is 11.0 Å². The number of aromatic nitrogens is 1. The molecule has 2 aliphatic heterocycles. The normalized spacial score (nSPS) is 18.3. The van der Waals surface area contributed by atoms with Gasteiger partial charge in [-0.3, -0.25) is 14.4 Å². The van der Waals surface area contributed by atoms with Crippen LogP contribution in [-0.4, -0.2) is 61.2 Å². The monoisotopic (exact) mass is 714 g/mol. The lowest BCUT2D eigenvalue weighted by Gasteiger charge is -2.42. The number of aryl methyl sites for hydroxylation is 2. The van der Waals surface area contributed by atoms with E-state index in [-0.39, 0.29) is 47.7 Å². The van der Waals surface area contributed by atoms with Gasteiger partial charge in [0.1, 0.15) is 11.1 Å². The van der Waals surface area contributed by atoms with Gasteiger partial charge in [-0.15, -0.1) is 12.4 Å². The van der Waals surface area contributed by atoms with E-state index in [1.165, 1.54) is 26.5 Å². The van der Waals surface area contributed by atoms with Crippen molar-refractivity contribution in [3.63, 3.8) is 0 Å². The second kappa shape index (κ2) is 16.1. The van der Waals surface area contributed by atoms with E-state index in [0.717, 1.165) is 36.7 Å². The van der Waals surface area contributed by atoms with Crippen LogP contribution in [0.1, 0.15) is 71.6 Å². The number of halogens is 2. The highest BCUT2D eigenvalue weighted by atomic mass is 35.5. The van der Waals surface area contributed by atoms with Gasteiger partial charge in [-0.05, 0) is 81.2 Å². The maximum absolute atomic E-state index is 12.6. The third-order valence-electron chi connectivity index (χ3n) is 9.27. The average molecular weight is 716 g/mol. The number of hydrogen-bond acceptors (Lipinski definition) is 9. The summed E-state index contributed by atoms with van der Waals surface area (Å²) in [6.07, 6.45) is 4.11. The predicted molar refractivity (Wildman–Crippen MR) is 195 cm³/mol. The van der Waals surface area contributed by atoms with Crippen molar-refractivity contribution in [1.82, 2.24) is 15.2 Å². The third kappa shape index (κ3) is 8.40. The zero-order valence-corrected chi connectivity index (χ0v) is 30.0. The standard InChI is InChI=1S/C20H21NO5.C16H22ClN3O2.ClH/c1-10(2)7-8-25-20(24)15-9-14(22)16-18(26-15)13-6-5-11(3)12(4)17(13)21-19(16)23;1-22-15-8-13(18)12(17)7-11(15)16(21)19-14-4-6-20-5-2-3-10(14)9-20;/h5-6,9-10H,7-8H2,1-4H3,(H,21,23);7-8,10,14H,2-6,9,18H2,1H3,(H,19,21);1H/t;10-,14+;/m.0./s1. The van der Waals surface area contributed by atoms with E-state index in [4.69, 9.17) is 31.2 Å². The number of anilines is 1. The Labute approximate surface area is 295 Å². The van der Waals surface area contributed by atoms with Crippen molar-refractivity contribution in [3.8, 4) is 5.75 Å². The minimum Gasteiger partial charge on any atom is -0.496 e. The van der Waals surface area contributed by atoms with Crippen molar-refractivity contribution in [1.29, 1.82) is 0 Å². The van der Waals surface area contributed by atoms with Crippen LogP contribution >= 0.6 is 24.0 Å². The van der Waals surface area contributed by atoms with Crippen LogP contribution in [0.4, 0.5) is 5.69 Å². The molecule has 2 saturated heterocycles. The molecular weight excluding hydrogens is 671 g/mol. The third-order valence-corrected chi connectivity index (χ3v) is 9.60. The number of benzene rings is 2. The average Bonchev–Trinajstić information content (AvgIpc) is 3.05. The molecule has 1 amide bonds. The minimum atomic E-state index is -0.707. The molecule has 6 rings (SSSR count). The number of carbonyl (C=O) groups excluding carboxylic acids is 2. The number of nitrogens with one attached hydrogen (secondary N) is 2. The maximum atomic E-state index is 12.6. The van der Waals surface area contributed by atoms with Gasteiger partial charge in [0.25, 0.3) is 11.5 Å². The second-order valence-electron chi connectivity index (χ2n) is 13.0. The predicted octanol–water partition coefficient (Wildman–Crippen LogP) is 6.02. The molecule has 11 nitrogen and oxygen atoms in total. The Kier molecular flexibility index (Phi) is 12.4. The van der Waals surface area contributed by atoms with E-state index >= 15 is 0 Å². The summed E-state index contributed by atoms with van der Waals surface area (Å²) in [6.45, 7) is 11.4. The first-order valence-corrected chi connectivity index (χ1v) is 16.7. The summed E-state index contributed by atoms with van der Waals surface area (Å²) < 4.78 is 16.1. The molecule has 264 valence electrons. The highest BCUT2D eigenvalue weighted by Gasteiger charge is 2.33. The van der Waals surface area contributed by atoms with Crippen molar-refractivity contribution in [3.05, 3.63) is 78.4 Å². The molecular formula is C36H44Cl2N4O7. The van der Waals surface area contributed by atoms with Crippen LogP contribution in [0, 0.1) is 25.7 Å². The molecule has 4 aromatic rings. The lowest BCUT2D eigenvalue weighted by Crippen LogP contribution is -2.53. The Hall–Kier alpha value is -4.06. The molecule has 0 saturated carbocycles. The van der Waals surface area contributed by atoms with Crippen molar-refractivity contribution in [2.75, 3.05) is 39.1 Å². The summed E-state index contributed by atoms with van der Waals surface area (Å²) >= 11 is 6.05. The molecule has 3 atom stereocenters. The number of piperidine rings is 2. The number of nitrogens with two attached hydrogens (primary N) is 1. The smallest absolute Gasteiger partial charge is 0.374 e. The summed E-state index contributed by atoms with van der Waals surface area (Å²) in [5.41, 5.74) is 8.11. The molecule has 1 unspecified atom stereocenters. The van der Waals surface area contributed by atoms with Gasteiger partial charge in [0.2, 0.25) is 5.76 Å². The van der Waals surface area contributed by atoms with Gasteiger partial charge in [0.05, 0.1) is 35.5 Å². The number of H-pyrrole nitrogens is 1. The van der Waals surface area contributed by atoms with E-state index in [0.29, 0.717) is 51.2 Å². The van der Waals surface area contributed by atoms with Crippen molar-refractivity contribution >= 4 is 63.4 Å². The zero-order chi connectivity index (χ0) is 34.7. The Morgan fingerprint density at radius 2 is 1.90 bits per heavy atom. The summed E-state index contributed by atoms with van der Waals surface area (Å²) in [5.74, 6) is 0.350. The lowest BCUT2D eigenvalue weighted by molar-refractivity contribution is 0.0452. The molecule has 4 heterocycles.